The van der Waals surface area contributed by atoms with Gasteiger partial charge in [-0.15, -0.1) is 0 Å². The van der Waals surface area contributed by atoms with Gasteiger partial charge in [0.1, 0.15) is 23.1 Å². The minimum absolute atomic E-state index is 0.000234. The smallest absolute Gasteiger partial charge is 0.265 e. The monoisotopic (exact) mass is 318 g/mol. The largest absolute Gasteiger partial charge is 0.486 e. The Labute approximate surface area is 120 Å². The van der Waals surface area contributed by atoms with Crippen molar-refractivity contribution in [2.45, 2.75) is 18.4 Å². The van der Waals surface area contributed by atoms with E-state index in [9.17, 15) is 12.8 Å². The van der Waals surface area contributed by atoms with Crippen LogP contribution in [0.1, 0.15) is 11.4 Å². The van der Waals surface area contributed by atoms with Gasteiger partial charge in [-0.2, -0.15) is 5.10 Å². The molecule has 0 bridgehead atoms. The second-order valence-corrected chi connectivity index (χ2v) is 6.75. The molecule has 108 valence electrons. The SMILES string of the molecule is Cc1cc(COc2ccc(F)cc2S(=O)(=O)Cl)n(C)n1. The maximum absolute atomic E-state index is 13.1. The van der Waals surface area contributed by atoms with E-state index in [0.29, 0.717) is 0 Å². The maximum atomic E-state index is 13.1. The Bertz CT molecular complexity index is 743. The molecule has 0 saturated carbocycles. The number of nitrogens with zero attached hydrogens (tertiary/aromatic N) is 2. The lowest BCUT2D eigenvalue weighted by Gasteiger charge is -2.09. The van der Waals surface area contributed by atoms with Crippen LogP contribution < -0.4 is 4.74 Å². The van der Waals surface area contributed by atoms with Gasteiger partial charge in [-0.05, 0) is 31.2 Å². The van der Waals surface area contributed by atoms with E-state index in [1.54, 1.807) is 17.8 Å². The quantitative estimate of drug-likeness (QED) is 0.812. The third-order valence-electron chi connectivity index (χ3n) is 2.64. The van der Waals surface area contributed by atoms with Crippen LogP contribution in [0, 0.1) is 12.7 Å². The first kappa shape index (κ1) is 14.8. The van der Waals surface area contributed by atoms with E-state index in [4.69, 9.17) is 15.4 Å². The molecule has 0 aliphatic heterocycles. The average Bonchev–Trinajstić information content (AvgIpc) is 2.65. The van der Waals surface area contributed by atoms with Crippen molar-refractivity contribution >= 4 is 19.7 Å². The molecule has 0 unspecified atom stereocenters. The van der Waals surface area contributed by atoms with Crippen LogP contribution in [0.25, 0.3) is 0 Å². The molecule has 0 aliphatic rings. The molecule has 0 radical (unpaired) electrons. The summed E-state index contributed by atoms with van der Waals surface area (Å²) < 4.78 is 42.9. The molecule has 0 amide bonds. The van der Waals surface area contributed by atoms with Crippen molar-refractivity contribution in [2.75, 3.05) is 0 Å². The van der Waals surface area contributed by atoms with E-state index in [0.717, 1.165) is 23.5 Å². The molecule has 1 aromatic carbocycles. The normalized spacial score (nSPS) is 11.6. The summed E-state index contributed by atoms with van der Waals surface area (Å²) in [4.78, 5) is -0.391. The highest BCUT2D eigenvalue weighted by Gasteiger charge is 2.18. The molecule has 5 nitrogen and oxygen atoms in total. The highest BCUT2D eigenvalue weighted by Crippen LogP contribution is 2.28. The first-order chi connectivity index (χ1) is 9.27. The van der Waals surface area contributed by atoms with Gasteiger partial charge in [0.05, 0.1) is 11.4 Å². The molecule has 0 aliphatic carbocycles. The van der Waals surface area contributed by atoms with Crippen molar-refractivity contribution in [2.24, 2.45) is 7.05 Å². The predicted octanol–water partition coefficient (Wildman–Crippen LogP) is 2.37. The Morgan fingerprint density at radius 2 is 2.10 bits per heavy atom. The van der Waals surface area contributed by atoms with E-state index in [1.807, 2.05) is 6.92 Å². The Kier molecular flexibility index (Phi) is 4.01. The summed E-state index contributed by atoms with van der Waals surface area (Å²) in [5.41, 5.74) is 1.57. The molecule has 0 fully saturated rings. The fourth-order valence-electron chi connectivity index (χ4n) is 1.74. The van der Waals surface area contributed by atoms with Gasteiger partial charge in [-0.1, -0.05) is 0 Å². The molecule has 2 rings (SSSR count). The zero-order valence-electron chi connectivity index (χ0n) is 10.8. The van der Waals surface area contributed by atoms with Crippen molar-refractivity contribution < 1.29 is 17.5 Å². The van der Waals surface area contributed by atoms with Crippen molar-refractivity contribution in [1.82, 2.24) is 9.78 Å². The van der Waals surface area contributed by atoms with Gasteiger partial charge in [-0.3, -0.25) is 4.68 Å². The molecular weight excluding hydrogens is 307 g/mol. The molecule has 0 spiro atoms. The summed E-state index contributed by atoms with van der Waals surface area (Å²) in [6.07, 6.45) is 0. The Balaban J connectivity index is 2.28. The van der Waals surface area contributed by atoms with E-state index < -0.39 is 19.8 Å². The maximum Gasteiger partial charge on any atom is 0.265 e. The first-order valence-electron chi connectivity index (χ1n) is 5.64. The number of halogens is 2. The molecule has 2 aromatic rings. The second-order valence-electron chi connectivity index (χ2n) is 4.22. The Morgan fingerprint density at radius 1 is 1.40 bits per heavy atom. The van der Waals surface area contributed by atoms with Crippen LogP contribution in [0.15, 0.2) is 29.2 Å². The number of benzene rings is 1. The molecule has 0 atom stereocenters. The fraction of sp³-hybridized carbons (Fsp3) is 0.250. The highest BCUT2D eigenvalue weighted by atomic mass is 35.7. The van der Waals surface area contributed by atoms with Crippen LogP contribution in [0.3, 0.4) is 0 Å². The number of aromatic nitrogens is 2. The molecule has 20 heavy (non-hydrogen) atoms. The van der Waals surface area contributed by atoms with Crippen molar-refractivity contribution in [3.05, 3.63) is 41.5 Å². The zero-order chi connectivity index (χ0) is 14.9. The summed E-state index contributed by atoms with van der Waals surface area (Å²) in [6.45, 7) is 1.93. The zero-order valence-corrected chi connectivity index (χ0v) is 12.4. The van der Waals surface area contributed by atoms with Crippen LogP contribution in [0.5, 0.6) is 5.75 Å². The summed E-state index contributed by atoms with van der Waals surface area (Å²) in [6, 6.07) is 4.97. The number of hydrogen-bond acceptors (Lipinski definition) is 4. The summed E-state index contributed by atoms with van der Waals surface area (Å²) in [7, 11) is 2.93. The van der Waals surface area contributed by atoms with Crippen LogP contribution >= 0.6 is 10.7 Å². The minimum Gasteiger partial charge on any atom is -0.486 e. The number of rotatable bonds is 4. The van der Waals surface area contributed by atoms with Gasteiger partial charge >= 0.3 is 0 Å². The van der Waals surface area contributed by atoms with Gasteiger partial charge in [0, 0.05) is 17.7 Å². The topological polar surface area (TPSA) is 61.2 Å². The number of ether oxygens (including phenoxy) is 1. The van der Waals surface area contributed by atoms with Gasteiger partial charge in [0.2, 0.25) is 0 Å². The van der Waals surface area contributed by atoms with Gasteiger partial charge < -0.3 is 4.74 Å². The van der Waals surface area contributed by atoms with Crippen molar-refractivity contribution in [3.63, 3.8) is 0 Å². The third kappa shape index (κ3) is 3.29. The van der Waals surface area contributed by atoms with Crippen LogP contribution in [-0.4, -0.2) is 18.2 Å². The highest BCUT2D eigenvalue weighted by molar-refractivity contribution is 8.13. The van der Waals surface area contributed by atoms with E-state index in [1.165, 1.54) is 6.07 Å². The molecule has 8 heteroatoms. The Morgan fingerprint density at radius 3 is 2.65 bits per heavy atom. The van der Waals surface area contributed by atoms with Crippen molar-refractivity contribution in [3.8, 4) is 5.75 Å². The number of aryl methyl sites for hydroxylation is 2. The lowest BCUT2D eigenvalue weighted by Crippen LogP contribution is -2.05. The summed E-state index contributed by atoms with van der Waals surface area (Å²) >= 11 is 0. The summed E-state index contributed by atoms with van der Waals surface area (Å²) in [5, 5.41) is 4.14. The molecule has 0 N–H and O–H groups in total. The molecular formula is C12H12ClFN2O3S. The molecule has 1 heterocycles. The van der Waals surface area contributed by atoms with E-state index >= 15 is 0 Å². The van der Waals surface area contributed by atoms with Crippen molar-refractivity contribution in [1.29, 1.82) is 0 Å². The average molecular weight is 319 g/mol. The number of hydrogen-bond donors (Lipinski definition) is 0. The van der Waals surface area contributed by atoms with Crippen LogP contribution in [0.2, 0.25) is 0 Å². The second kappa shape index (κ2) is 5.41. The lowest BCUT2D eigenvalue weighted by molar-refractivity contribution is 0.286. The van der Waals surface area contributed by atoms with E-state index in [2.05, 4.69) is 5.10 Å². The first-order valence-corrected chi connectivity index (χ1v) is 7.95. The fourth-order valence-corrected chi connectivity index (χ4v) is 2.73. The van der Waals surface area contributed by atoms with Crippen LogP contribution in [-0.2, 0) is 22.7 Å². The van der Waals surface area contributed by atoms with Gasteiger partial charge in [0.25, 0.3) is 9.05 Å². The minimum atomic E-state index is -4.08. The van der Waals surface area contributed by atoms with E-state index in [-0.39, 0.29) is 12.4 Å². The summed E-state index contributed by atoms with van der Waals surface area (Å²) in [5.74, 6) is -0.701. The standard InChI is InChI=1S/C12H12ClFN2O3S/c1-8-5-10(16(2)15-8)7-19-11-4-3-9(14)6-12(11)20(13,17)18/h3-6H,7H2,1-2H3. The predicted molar refractivity (Wildman–Crippen MR) is 71.7 cm³/mol. The third-order valence-corrected chi connectivity index (χ3v) is 3.99. The Hall–Kier alpha value is -1.60. The lowest BCUT2D eigenvalue weighted by atomic mass is 10.3. The molecule has 1 aromatic heterocycles. The van der Waals surface area contributed by atoms with Crippen LogP contribution in [0.4, 0.5) is 4.39 Å². The molecule has 0 saturated heterocycles. The van der Waals surface area contributed by atoms with Gasteiger partial charge in [0.15, 0.2) is 0 Å². The van der Waals surface area contributed by atoms with Gasteiger partial charge in [-0.25, -0.2) is 12.8 Å².